The first-order valence-electron chi connectivity index (χ1n) is 6.79. The van der Waals surface area contributed by atoms with E-state index in [-0.39, 0.29) is 11.5 Å². The molecule has 2 aromatic rings. The van der Waals surface area contributed by atoms with Crippen molar-refractivity contribution in [3.8, 4) is 0 Å². The Morgan fingerprint density at radius 1 is 1.52 bits per heavy atom. The number of amides is 1. The molecule has 3 rings (SSSR count). The van der Waals surface area contributed by atoms with Gasteiger partial charge in [0.25, 0.3) is 11.5 Å². The Balaban J connectivity index is 2.02. The SMILES string of the molecule is Cc1cc(=O)[nH]c([C@@]2(C)CCCN2C(=O)c2cscn2)n1. The Morgan fingerprint density at radius 3 is 3.00 bits per heavy atom. The zero-order valence-electron chi connectivity index (χ0n) is 11.9. The maximum absolute atomic E-state index is 12.6. The van der Waals surface area contributed by atoms with Gasteiger partial charge in [-0.05, 0) is 26.7 Å². The van der Waals surface area contributed by atoms with Crippen LogP contribution in [0.25, 0.3) is 0 Å². The van der Waals surface area contributed by atoms with E-state index in [0.29, 0.717) is 23.8 Å². The molecule has 110 valence electrons. The number of carbonyl (C=O) groups excluding carboxylic acids is 1. The summed E-state index contributed by atoms with van der Waals surface area (Å²) in [6, 6.07) is 1.45. The second-order valence-corrected chi connectivity index (χ2v) is 6.16. The fourth-order valence-corrected chi connectivity index (χ4v) is 3.35. The minimum Gasteiger partial charge on any atom is -0.325 e. The Morgan fingerprint density at radius 2 is 2.33 bits per heavy atom. The van der Waals surface area contributed by atoms with Crippen LogP contribution in [0.4, 0.5) is 0 Å². The van der Waals surface area contributed by atoms with E-state index >= 15 is 0 Å². The van der Waals surface area contributed by atoms with Gasteiger partial charge in [-0.1, -0.05) is 0 Å². The molecule has 0 aliphatic carbocycles. The van der Waals surface area contributed by atoms with Crippen LogP contribution >= 0.6 is 11.3 Å². The van der Waals surface area contributed by atoms with Crippen LogP contribution < -0.4 is 5.56 Å². The highest BCUT2D eigenvalue weighted by Gasteiger charge is 2.43. The van der Waals surface area contributed by atoms with Crippen molar-refractivity contribution >= 4 is 17.2 Å². The standard InChI is InChI=1S/C14H16N4O2S/c1-9-6-11(19)17-13(16-9)14(2)4-3-5-18(14)12(20)10-7-21-8-15-10/h6-8H,3-5H2,1-2H3,(H,16,17,19)/t14-/m1/s1. The van der Waals surface area contributed by atoms with Gasteiger partial charge >= 0.3 is 0 Å². The summed E-state index contributed by atoms with van der Waals surface area (Å²) in [5.41, 5.74) is 1.97. The molecule has 1 amide bonds. The first-order chi connectivity index (χ1) is 10.0. The van der Waals surface area contributed by atoms with Gasteiger partial charge in [0, 0.05) is 23.7 Å². The van der Waals surface area contributed by atoms with Gasteiger partial charge < -0.3 is 9.88 Å². The summed E-state index contributed by atoms with van der Waals surface area (Å²) in [5, 5.41) is 1.74. The monoisotopic (exact) mass is 304 g/mol. The van der Waals surface area contributed by atoms with Crippen LogP contribution in [0.3, 0.4) is 0 Å². The Labute approximate surface area is 125 Å². The molecule has 1 atom stereocenters. The van der Waals surface area contributed by atoms with Crippen LogP contribution in [-0.4, -0.2) is 32.3 Å². The molecule has 0 radical (unpaired) electrons. The van der Waals surface area contributed by atoms with Crippen molar-refractivity contribution < 1.29 is 4.79 Å². The van der Waals surface area contributed by atoms with E-state index in [4.69, 9.17) is 0 Å². The Kier molecular flexibility index (Phi) is 3.36. The maximum Gasteiger partial charge on any atom is 0.274 e. The van der Waals surface area contributed by atoms with Crippen molar-refractivity contribution in [2.75, 3.05) is 6.54 Å². The third kappa shape index (κ3) is 2.37. The van der Waals surface area contributed by atoms with Gasteiger partial charge in [-0.25, -0.2) is 9.97 Å². The molecule has 7 heteroatoms. The normalized spacial score (nSPS) is 21.7. The number of aromatic nitrogens is 3. The molecule has 6 nitrogen and oxygen atoms in total. The van der Waals surface area contributed by atoms with Gasteiger partial charge in [0.05, 0.1) is 11.0 Å². The lowest BCUT2D eigenvalue weighted by Crippen LogP contribution is -2.45. The predicted molar refractivity (Wildman–Crippen MR) is 79.3 cm³/mol. The highest BCUT2D eigenvalue weighted by Crippen LogP contribution is 2.37. The number of nitrogens with one attached hydrogen (secondary N) is 1. The molecule has 2 aromatic heterocycles. The molecule has 21 heavy (non-hydrogen) atoms. The number of likely N-dealkylation sites (tertiary alicyclic amines) is 1. The third-order valence-corrected chi connectivity index (χ3v) is 4.50. The van der Waals surface area contributed by atoms with E-state index in [1.807, 2.05) is 6.92 Å². The zero-order valence-corrected chi connectivity index (χ0v) is 12.7. The Bertz CT molecular complexity index is 725. The second kappa shape index (κ2) is 5.07. The molecule has 0 spiro atoms. The summed E-state index contributed by atoms with van der Waals surface area (Å²) in [6.45, 7) is 4.37. The number of hydrogen-bond acceptors (Lipinski definition) is 5. The lowest BCUT2D eigenvalue weighted by Gasteiger charge is -2.33. The summed E-state index contributed by atoms with van der Waals surface area (Å²) < 4.78 is 0. The quantitative estimate of drug-likeness (QED) is 0.915. The van der Waals surface area contributed by atoms with E-state index in [2.05, 4.69) is 15.0 Å². The van der Waals surface area contributed by atoms with Crippen molar-refractivity contribution in [1.29, 1.82) is 0 Å². The van der Waals surface area contributed by atoms with Crippen molar-refractivity contribution in [3.63, 3.8) is 0 Å². The van der Waals surface area contributed by atoms with E-state index < -0.39 is 5.54 Å². The molecular formula is C14H16N4O2S. The van der Waals surface area contributed by atoms with Crippen molar-refractivity contribution in [3.05, 3.63) is 44.5 Å². The molecule has 1 aliphatic heterocycles. The number of rotatable bonds is 2. The lowest BCUT2D eigenvalue weighted by atomic mass is 9.97. The average molecular weight is 304 g/mol. The van der Waals surface area contributed by atoms with Crippen LogP contribution in [0.15, 0.2) is 21.8 Å². The van der Waals surface area contributed by atoms with Gasteiger partial charge in [-0.15, -0.1) is 11.3 Å². The summed E-state index contributed by atoms with van der Waals surface area (Å²) in [6.07, 6.45) is 1.65. The van der Waals surface area contributed by atoms with Crippen molar-refractivity contribution in [2.24, 2.45) is 0 Å². The molecule has 0 bridgehead atoms. The summed E-state index contributed by atoms with van der Waals surface area (Å²) in [4.78, 5) is 37.4. The number of H-pyrrole nitrogens is 1. The van der Waals surface area contributed by atoms with Gasteiger partial charge in [0.1, 0.15) is 11.5 Å². The maximum atomic E-state index is 12.6. The highest BCUT2D eigenvalue weighted by atomic mass is 32.1. The third-order valence-electron chi connectivity index (χ3n) is 3.92. The van der Waals surface area contributed by atoms with Crippen LogP contribution in [-0.2, 0) is 5.54 Å². The summed E-state index contributed by atoms with van der Waals surface area (Å²) in [7, 11) is 0. The van der Waals surface area contributed by atoms with Gasteiger partial charge in [0.15, 0.2) is 0 Å². The summed E-state index contributed by atoms with van der Waals surface area (Å²) >= 11 is 1.40. The molecule has 1 N–H and O–H groups in total. The number of nitrogens with zero attached hydrogens (tertiary/aromatic N) is 3. The molecule has 1 aliphatic rings. The first kappa shape index (κ1) is 13.9. The van der Waals surface area contributed by atoms with E-state index in [0.717, 1.165) is 12.8 Å². The van der Waals surface area contributed by atoms with Crippen LogP contribution in [0.5, 0.6) is 0 Å². The van der Waals surface area contributed by atoms with Crippen molar-refractivity contribution in [2.45, 2.75) is 32.2 Å². The first-order valence-corrected chi connectivity index (χ1v) is 7.73. The van der Waals surface area contributed by atoms with Gasteiger partial charge in [0.2, 0.25) is 0 Å². The number of aryl methyl sites for hydroxylation is 1. The summed E-state index contributed by atoms with van der Waals surface area (Å²) in [5.74, 6) is 0.439. The Hall–Kier alpha value is -2.02. The number of thiazole rings is 1. The molecule has 3 heterocycles. The number of carbonyl (C=O) groups is 1. The van der Waals surface area contributed by atoms with Gasteiger partial charge in [-0.2, -0.15) is 0 Å². The number of hydrogen-bond donors (Lipinski definition) is 1. The minimum atomic E-state index is -0.591. The molecule has 0 saturated carbocycles. The van der Waals surface area contributed by atoms with E-state index in [1.165, 1.54) is 17.4 Å². The van der Waals surface area contributed by atoms with E-state index in [9.17, 15) is 9.59 Å². The number of aromatic amines is 1. The predicted octanol–water partition coefficient (Wildman–Crippen LogP) is 1.69. The highest BCUT2D eigenvalue weighted by molar-refractivity contribution is 7.07. The zero-order chi connectivity index (χ0) is 15.0. The van der Waals surface area contributed by atoms with Gasteiger partial charge in [-0.3, -0.25) is 9.59 Å². The van der Waals surface area contributed by atoms with Crippen LogP contribution in [0.2, 0.25) is 0 Å². The molecular weight excluding hydrogens is 288 g/mol. The van der Waals surface area contributed by atoms with Crippen LogP contribution in [0, 0.1) is 6.92 Å². The van der Waals surface area contributed by atoms with Crippen LogP contribution in [0.1, 0.15) is 41.8 Å². The lowest BCUT2D eigenvalue weighted by molar-refractivity contribution is 0.0598. The molecule has 1 fully saturated rings. The van der Waals surface area contributed by atoms with Crippen molar-refractivity contribution in [1.82, 2.24) is 19.9 Å². The minimum absolute atomic E-state index is 0.111. The molecule has 1 saturated heterocycles. The van der Waals surface area contributed by atoms with E-state index in [1.54, 1.807) is 22.7 Å². The molecule has 0 unspecified atom stereocenters. The topological polar surface area (TPSA) is 79.0 Å². The second-order valence-electron chi connectivity index (χ2n) is 5.44. The average Bonchev–Trinajstić information content (AvgIpc) is 3.06. The largest absolute Gasteiger partial charge is 0.325 e. The fourth-order valence-electron chi connectivity index (χ4n) is 2.83. The fraction of sp³-hybridized carbons (Fsp3) is 0.429. The molecule has 0 aromatic carbocycles. The smallest absolute Gasteiger partial charge is 0.274 e.